The van der Waals surface area contributed by atoms with Crippen molar-refractivity contribution in [3.63, 3.8) is 0 Å². The Balaban J connectivity index is 1.69. The van der Waals surface area contributed by atoms with Crippen molar-refractivity contribution in [2.24, 2.45) is 0 Å². The largest absolute Gasteiger partial charge is 0.493 e. The lowest BCUT2D eigenvalue weighted by molar-refractivity contribution is 0.00844. The number of hydrogen-bond donors (Lipinski definition) is 1. The Morgan fingerprint density at radius 2 is 2.15 bits per heavy atom. The Labute approximate surface area is 120 Å². The number of nitrogens with one attached hydrogen (secondary N) is 1. The van der Waals surface area contributed by atoms with Gasteiger partial charge >= 0.3 is 0 Å². The van der Waals surface area contributed by atoms with Gasteiger partial charge in [-0.3, -0.25) is 0 Å². The van der Waals surface area contributed by atoms with Gasteiger partial charge in [0.05, 0.1) is 19.8 Å². The van der Waals surface area contributed by atoms with Crippen LogP contribution in [0.3, 0.4) is 0 Å². The molecule has 1 aliphatic rings. The monoisotopic (exact) mass is 280 g/mol. The maximum absolute atomic E-state index is 5.76. The van der Waals surface area contributed by atoms with Gasteiger partial charge in [-0.2, -0.15) is 0 Å². The summed E-state index contributed by atoms with van der Waals surface area (Å²) in [6, 6.07) is 7.71. The first-order valence-corrected chi connectivity index (χ1v) is 7.06. The van der Waals surface area contributed by atoms with E-state index in [2.05, 4.69) is 17.3 Å². The molecule has 1 heterocycles. The smallest absolute Gasteiger partial charge is 0.161 e. The van der Waals surface area contributed by atoms with Gasteiger partial charge in [0.1, 0.15) is 6.61 Å². The third kappa shape index (κ3) is 4.67. The second-order valence-electron chi connectivity index (χ2n) is 4.96. The zero-order chi connectivity index (χ0) is 14.2. The molecule has 112 valence electrons. The predicted molar refractivity (Wildman–Crippen MR) is 78.6 cm³/mol. The van der Waals surface area contributed by atoms with Gasteiger partial charge in [-0.25, -0.2) is 0 Å². The molecule has 1 fully saturated rings. The number of benzene rings is 1. The number of likely N-dealkylation sites (N-methyl/N-ethyl adjacent to an activating group) is 1. The topological polar surface area (TPSA) is 43.0 Å². The Hall–Kier alpha value is -1.30. The van der Waals surface area contributed by atoms with Crippen molar-refractivity contribution in [3.8, 4) is 11.5 Å². The second-order valence-corrected chi connectivity index (χ2v) is 4.96. The molecule has 1 atom stereocenters. The fraction of sp³-hybridized carbons (Fsp3) is 0.600. The van der Waals surface area contributed by atoms with Crippen LogP contribution >= 0.6 is 0 Å². The maximum Gasteiger partial charge on any atom is 0.161 e. The summed E-state index contributed by atoms with van der Waals surface area (Å²) in [5.74, 6) is 1.56. The molecule has 1 saturated heterocycles. The van der Waals surface area contributed by atoms with E-state index in [4.69, 9.17) is 14.2 Å². The van der Waals surface area contributed by atoms with E-state index in [1.165, 1.54) is 0 Å². The van der Waals surface area contributed by atoms with Crippen LogP contribution in [0.1, 0.15) is 0 Å². The quantitative estimate of drug-likeness (QED) is 0.807. The van der Waals surface area contributed by atoms with Crippen LogP contribution in [0.2, 0.25) is 0 Å². The lowest BCUT2D eigenvalue weighted by Crippen LogP contribution is -2.45. The van der Waals surface area contributed by atoms with Gasteiger partial charge in [-0.05, 0) is 19.2 Å². The molecule has 0 spiro atoms. The average Bonchev–Trinajstić information content (AvgIpc) is 2.49. The van der Waals surface area contributed by atoms with Crippen LogP contribution in [0, 0.1) is 0 Å². The van der Waals surface area contributed by atoms with Crippen molar-refractivity contribution in [2.45, 2.75) is 6.10 Å². The molecule has 1 aromatic rings. The molecule has 20 heavy (non-hydrogen) atoms. The van der Waals surface area contributed by atoms with E-state index < -0.39 is 0 Å². The second kappa shape index (κ2) is 8.09. The van der Waals surface area contributed by atoms with Crippen molar-refractivity contribution < 1.29 is 14.2 Å². The normalized spacial score (nSPS) is 19.1. The minimum atomic E-state index is 0.278. The van der Waals surface area contributed by atoms with Crippen LogP contribution in [0.5, 0.6) is 11.5 Å². The minimum Gasteiger partial charge on any atom is -0.493 e. The van der Waals surface area contributed by atoms with Gasteiger partial charge in [0.25, 0.3) is 0 Å². The van der Waals surface area contributed by atoms with Gasteiger partial charge in [0, 0.05) is 26.2 Å². The highest BCUT2D eigenvalue weighted by Crippen LogP contribution is 2.25. The molecule has 5 nitrogen and oxygen atoms in total. The highest BCUT2D eigenvalue weighted by atomic mass is 16.5. The first-order chi connectivity index (χ1) is 9.79. The molecule has 0 aliphatic carbocycles. The zero-order valence-electron chi connectivity index (χ0n) is 12.3. The van der Waals surface area contributed by atoms with E-state index in [1.807, 2.05) is 24.3 Å². The van der Waals surface area contributed by atoms with Gasteiger partial charge in [-0.1, -0.05) is 12.1 Å². The molecule has 0 saturated carbocycles. The van der Waals surface area contributed by atoms with Gasteiger partial charge < -0.3 is 24.4 Å². The molecule has 1 N–H and O–H groups in total. The van der Waals surface area contributed by atoms with E-state index in [0.29, 0.717) is 6.61 Å². The SMILES string of the molecule is COc1ccccc1OCCN(C)CC1CNCCO1. The van der Waals surface area contributed by atoms with Crippen LogP contribution in [0.4, 0.5) is 0 Å². The van der Waals surface area contributed by atoms with Crippen molar-refractivity contribution in [1.82, 2.24) is 10.2 Å². The van der Waals surface area contributed by atoms with Crippen LogP contribution in [0.25, 0.3) is 0 Å². The van der Waals surface area contributed by atoms with Gasteiger partial charge in [-0.15, -0.1) is 0 Å². The third-order valence-electron chi connectivity index (χ3n) is 3.32. The molecule has 2 rings (SSSR count). The molecule has 0 aromatic heterocycles. The Morgan fingerprint density at radius 1 is 1.35 bits per heavy atom. The Morgan fingerprint density at radius 3 is 2.85 bits per heavy atom. The summed E-state index contributed by atoms with van der Waals surface area (Å²) in [5, 5.41) is 3.34. The van der Waals surface area contributed by atoms with E-state index in [9.17, 15) is 0 Å². The number of ether oxygens (including phenoxy) is 3. The van der Waals surface area contributed by atoms with E-state index in [1.54, 1.807) is 7.11 Å². The minimum absolute atomic E-state index is 0.278. The molecular formula is C15H24N2O3. The lowest BCUT2D eigenvalue weighted by atomic mass is 10.3. The Kier molecular flexibility index (Phi) is 6.11. The number of morpholine rings is 1. The first kappa shape index (κ1) is 15.1. The highest BCUT2D eigenvalue weighted by molar-refractivity contribution is 5.39. The maximum atomic E-state index is 5.76. The van der Waals surface area contributed by atoms with Crippen LogP contribution < -0.4 is 14.8 Å². The summed E-state index contributed by atoms with van der Waals surface area (Å²) in [6.45, 7) is 5.10. The number of hydrogen-bond acceptors (Lipinski definition) is 5. The number of para-hydroxylation sites is 2. The van der Waals surface area contributed by atoms with E-state index in [-0.39, 0.29) is 6.10 Å². The lowest BCUT2D eigenvalue weighted by Gasteiger charge is -2.28. The summed E-state index contributed by atoms with van der Waals surface area (Å²) in [4.78, 5) is 2.23. The molecule has 0 amide bonds. The average molecular weight is 280 g/mol. The summed E-state index contributed by atoms with van der Waals surface area (Å²) >= 11 is 0. The summed E-state index contributed by atoms with van der Waals surface area (Å²) in [6.07, 6.45) is 0.278. The van der Waals surface area contributed by atoms with E-state index >= 15 is 0 Å². The Bertz CT molecular complexity index is 394. The van der Waals surface area contributed by atoms with Crippen LogP contribution in [-0.2, 0) is 4.74 Å². The van der Waals surface area contributed by atoms with Crippen molar-refractivity contribution >= 4 is 0 Å². The fourth-order valence-corrected chi connectivity index (χ4v) is 2.23. The standard InChI is InChI=1S/C15H24N2O3/c1-17(12-13-11-16-7-9-19-13)8-10-20-15-6-4-3-5-14(15)18-2/h3-6,13,16H,7-12H2,1-2H3. The van der Waals surface area contributed by atoms with Crippen LogP contribution in [0.15, 0.2) is 24.3 Å². The van der Waals surface area contributed by atoms with Gasteiger partial charge in [0.15, 0.2) is 11.5 Å². The van der Waals surface area contributed by atoms with Crippen molar-refractivity contribution in [2.75, 3.05) is 53.6 Å². The molecule has 1 unspecified atom stereocenters. The molecular weight excluding hydrogens is 256 g/mol. The molecule has 0 radical (unpaired) electrons. The fourth-order valence-electron chi connectivity index (χ4n) is 2.23. The van der Waals surface area contributed by atoms with E-state index in [0.717, 1.165) is 44.3 Å². The number of rotatable bonds is 7. The summed E-state index contributed by atoms with van der Waals surface area (Å²) < 4.78 is 16.7. The summed E-state index contributed by atoms with van der Waals surface area (Å²) in [7, 11) is 3.74. The summed E-state index contributed by atoms with van der Waals surface area (Å²) in [5.41, 5.74) is 0. The predicted octanol–water partition coefficient (Wildman–Crippen LogP) is 0.994. The van der Waals surface area contributed by atoms with Gasteiger partial charge in [0.2, 0.25) is 0 Å². The number of methoxy groups -OCH3 is 1. The highest BCUT2D eigenvalue weighted by Gasteiger charge is 2.15. The molecule has 5 heteroatoms. The zero-order valence-corrected chi connectivity index (χ0v) is 12.3. The molecule has 1 aromatic carbocycles. The van der Waals surface area contributed by atoms with Crippen molar-refractivity contribution in [1.29, 1.82) is 0 Å². The first-order valence-electron chi connectivity index (χ1n) is 7.06. The van der Waals surface area contributed by atoms with Crippen molar-refractivity contribution in [3.05, 3.63) is 24.3 Å². The number of nitrogens with zero attached hydrogens (tertiary/aromatic N) is 1. The molecule has 1 aliphatic heterocycles. The third-order valence-corrected chi connectivity index (χ3v) is 3.32. The molecule has 0 bridgehead atoms. The van der Waals surface area contributed by atoms with Crippen LogP contribution in [-0.4, -0.2) is 64.6 Å².